The smallest absolute Gasteiger partial charge is 0.228 e. The second kappa shape index (κ2) is 14.1. The lowest BCUT2D eigenvalue weighted by Gasteiger charge is -2.39. The minimum Gasteiger partial charge on any atom is -0.603 e. The fourth-order valence-electron chi connectivity index (χ4n) is 2.86. The molecule has 0 aromatic carbocycles. The van der Waals surface area contributed by atoms with Crippen molar-refractivity contribution in [1.29, 1.82) is 0 Å². The Bertz CT molecular complexity index is 390. The molecule has 0 aromatic heterocycles. The number of nitrogens with zero attached hydrogens (tertiary/aromatic N) is 1. The topological polar surface area (TPSA) is 58.3 Å². The fourth-order valence-corrected chi connectivity index (χ4v) is 4.02. The monoisotopic (exact) mass is 389 g/mol. The third-order valence-corrected chi connectivity index (χ3v) is 7.02. The maximum absolute atomic E-state index is 12.3. The van der Waals surface area contributed by atoms with Gasteiger partial charge in [-0.15, -0.1) is 0 Å². The van der Waals surface area contributed by atoms with Gasteiger partial charge in [-0.1, -0.05) is 77.6 Å². The molecule has 0 radical (unpaired) electrons. The molecule has 2 N–H and O–H groups in total. The van der Waals surface area contributed by atoms with E-state index in [0.717, 1.165) is 18.1 Å². The van der Waals surface area contributed by atoms with Gasteiger partial charge >= 0.3 is 0 Å². The van der Waals surface area contributed by atoms with Crippen molar-refractivity contribution in [1.82, 2.24) is 0 Å². The molecule has 2 unspecified atom stereocenters. The van der Waals surface area contributed by atoms with E-state index in [-0.39, 0.29) is 0 Å². The van der Waals surface area contributed by atoms with Crippen LogP contribution < -0.4 is 10.6 Å². The average molecular weight is 390 g/mol. The first-order valence-corrected chi connectivity index (χ1v) is 11.9. The van der Waals surface area contributed by atoms with Crippen LogP contribution in [0.3, 0.4) is 0 Å². The molecule has 5 heteroatoms. The van der Waals surface area contributed by atoms with Crippen LogP contribution in [-0.4, -0.2) is 43.2 Å². The Kier molecular flexibility index (Phi) is 14.1. The van der Waals surface area contributed by atoms with Gasteiger partial charge in [0.25, 0.3) is 0 Å². The van der Waals surface area contributed by atoms with E-state index in [1.807, 2.05) is 35.0 Å². The highest BCUT2D eigenvalue weighted by Gasteiger charge is 2.41. The molecule has 0 heterocycles. The largest absolute Gasteiger partial charge is 0.603 e. The predicted octanol–water partition coefficient (Wildman–Crippen LogP) is 4.95. The molecule has 0 bridgehead atoms. The molecule has 0 aromatic rings. The molecule has 0 fully saturated rings. The molecule has 26 heavy (non-hydrogen) atoms. The minimum atomic E-state index is -1.81. The number of quaternary nitrogens is 1. The van der Waals surface area contributed by atoms with E-state index in [1.54, 1.807) is 0 Å². The van der Waals surface area contributed by atoms with E-state index in [2.05, 4.69) is 6.92 Å². The van der Waals surface area contributed by atoms with Gasteiger partial charge < -0.3 is 9.38 Å². The zero-order valence-corrected chi connectivity index (χ0v) is 19.4. The highest BCUT2D eigenvalue weighted by atomic mass is 31.1. The lowest BCUT2D eigenvalue weighted by molar-refractivity contribution is -0.909. The summed E-state index contributed by atoms with van der Waals surface area (Å²) >= 11 is 0. The lowest BCUT2D eigenvalue weighted by atomic mass is 10.1. The summed E-state index contributed by atoms with van der Waals surface area (Å²) in [4.78, 5) is 12.3. The average Bonchev–Trinajstić information content (AvgIpc) is 2.57. The van der Waals surface area contributed by atoms with Crippen LogP contribution in [0.1, 0.15) is 97.8 Å². The van der Waals surface area contributed by atoms with Gasteiger partial charge in [-0.05, 0) is 6.42 Å². The first-order chi connectivity index (χ1) is 12.1. The predicted molar refractivity (Wildman–Crippen MR) is 115 cm³/mol. The Labute approximate surface area is 164 Å². The molecule has 0 saturated carbocycles. The van der Waals surface area contributed by atoms with Crippen LogP contribution in [0.25, 0.3) is 0 Å². The van der Waals surface area contributed by atoms with E-state index in [9.17, 15) is 4.89 Å². The third-order valence-electron chi connectivity index (χ3n) is 5.61. The Balaban J connectivity index is 3.71. The summed E-state index contributed by atoms with van der Waals surface area (Å²) in [7, 11) is 4.23. The number of unbranched alkanes of at least 4 members (excludes halogenated alkanes) is 11. The van der Waals surface area contributed by atoms with E-state index in [0.29, 0.717) is 11.1 Å². The highest BCUT2D eigenvalue weighted by Crippen LogP contribution is 2.25. The molecule has 0 aliphatic heterocycles. The molecule has 0 aliphatic carbocycles. The first-order valence-electron chi connectivity index (χ1n) is 10.7. The summed E-state index contributed by atoms with van der Waals surface area (Å²) in [5, 5.41) is 0.735. The Morgan fingerprint density at radius 3 is 1.65 bits per heavy atom. The van der Waals surface area contributed by atoms with Crippen LogP contribution in [0.15, 0.2) is 0 Å². The Morgan fingerprint density at radius 2 is 1.27 bits per heavy atom. The Hall–Kier alpha value is 0.0100. The molecule has 0 saturated heterocycles. The van der Waals surface area contributed by atoms with E-state index in [4.69, 9.17) is 10.3 Å². The van der Waals surface area contributed by atoms with Gasteiger partial charge in [0.15, 0.2) is 5.29 Å². The number of rotatable bonds is 16. The number of nitrogens with two attached hydrogens (primary N) is 1. The number of hydrogen-bond donors (Lipinski definition) is 1. The SMILES string of the molecule is CCCCCCCCCCCCCCO[P+]([O-])=C(C)C(C)(N)[N+](C)(C)C. The maximum atomic E-state index is 12.3. The van der Waals surface area contributed by atoms with Gasteiger partial charge in [-0.2, -0.15) is 4.52 Å². The first kappa shape index (κ1) is 26.0. The Morgan fingerprint density at radius 1 is 0.885 bits per heavy atom. The van der Waals surface area contributed by atoms with Crippen molar-refractivity contribution < 1.29 is 13.9 Å². The van der Waals surface area contributed by atoms with Crippen LogP contribution in [0.2, 0.25) is 0 Å². The highest BCUT2D eigenvalue weighted by molar-refractivity contribution is 7.47. The van der Waals surface area contributed by atoms with Gasteiger partial charge in [0.2, 0.25) is 13.7 Å². The van der Waals surface area contributed by atoms with Crippen LogP contribution >= 0.6 is 8.00 Å². The minimum absolute atomic E-state index is 0.530. The van der Waals surface area contributed by atoms with E-state index in [1.165, 1.54) is 64.2 Å². The fraction of sp³-hybridized carbons (Fsp3) is 0.952. The van der Waals surface area contributed by atoms with Crippen molar-refractivity contribution in [3.8, 4) is 0 Å². The summed E-state index contributed by atoms with van der Waals surface area (Å²) in [6.45, 7) is 6.60. The van der Waals surface area contributed by atoms with Crippen LogP contribution in [0, 0.1) is 0 Å². The summed E-state index contributed by atoms with van der Waals surface area (Å²) in [6.07, 6.45) is 15.8. The second-order valence-corrected chi connectivity index (χ2v) is 10.2. The summed E-state index contributed by atoms with van der Waals surface area (Å²) in [5.41, 5.74) is 5.70. The number of hydrogen-bond acceptors (Lipinski definition) is 3. The lowest BCUT2D eigenvalue weighted by Crippen LogP contribution is -2.65. The van der Waals surface area contributed by atoms with Crippen molar-refractivity contribution in [3.05, 3.63) is 0 Å². The zero-order valence-electron chi connectivity index (χ0n) is 18.5. The van der Waals surface area contributed by atoms with Crippen LogP contribution in [0.5, 0.6) is 0 Å². The molecule has 2 atom stereocenters. The third kappa shape index (κ3) is 11.0. The van der Waals surface area contributed by atoms with E-state index < -0.39 is 13.7 Å². The van der Waals surface area contributed by atoms with Gasteiger partial charge in [0.1, 0.15) is 0 Å². The van der Waals surface area contributed by atoms with Crippen LogP contribution in [-0.2, 0) is 4.52 Å². The van der Waals surface area contributed by atoms with Crippen molar-refractivity contribution in [3.63, 3.8) is 0 Å². The molecule has 0 aliphatic rings. The second-order valence-electron chi connectivity index (χ2n) is 8.72. The quantitative estimate of drug-likeness (QED) is 0.176. The molecule has 0 rings (SSSR count). The molecular weight excluding hydrogens is 343 g/mol. The van der Waals surface area contributed by atoms with Crippen molar-refractivity contribution >= 4 is 13.3 Å². The van der Waals surface area contributed by atoms with Crippen molar-refractivity contribution in [2.75, 3.05) is 27.7 Å². The molecule has 0 spiro atoms. The summed E-state index contributed by atoms with van der Waals surface area (Å²) in [6, 6.07) is 0. The molecule has 0 amide bonds. The molecular formula is C21H46N2O2P+. The van der Waals surface area contributed by atoms with Gasteiger partial charge in [0, 0.05) is 13.8 Å². The summed E-state index contributed by atoms with van der Waals surface area (Å²) in [5.74, 6) is 0. The van der Waals surface area contributed by atoms with Crippen molar-refractivity contribution in [2.45, 2.75) is 103 Å². The zero-order chi connectivity index (χ0) is 20.1. The standard InChI is InChI=1S/C21H46N2O2P/c1-7-8-9-10-11-12-13-14-15-16-17-18-19-25-26(24)20(2)21(3,22)23(4,5)6/h7-19,22H2,1-6H3/q+1. The maximum Gasteiger partial charge on any atom is 0.228 e. The van der Waals surface area contributed by atoms with Crippen LogP contribution in [0.4, 0.5) is 0 Å². The molecule has 4 nitrogen and oxygen atoms in total. The summed E-state index contributed by atoms with van der Waals surface area (Å²) < 4.78 is 6.09. The van der Waals surface area contributed by atoms with Gasteiger partial charge in [0.05, 0.1) is 27.7 Å². The normalized spacial score (nSPS) is 15.7. The molecule has 156 valence electrons. The van der Waals surface area contributed by atoms with E-state index >= 15 is 0 Å². The van der Waals surface area contributed by atoms with Crippen molar-refractivity contribution in [2.24, 2.45) is 5.73 Å². The van der Waals surface area contributed by atoms with Gasteiger partial charge in [-0.3, -0.25) is 5.73 Å². The van der Waals surface area contributed by atoms with Gasteiger partial charge in [-0.25, -0.2) is 0 Å².